The van der Waals surface area contributed by atoms with Crippen LogP contribution in [0.1, 0.15) is 13.3 Å². The first-order chi connectivity index (χ1) is 6.91. The Kier molecular flexibility index (Phi) is 3.48. The number of β-amino-alcohol motifs (C(OH)–C–C–N with tert-alkyl or cyclic N) is 1. The molecule has 0 spiro atoms. The van der Waals surface area contributed by atoms with Crippen molar-refractivity contribution in [2.45, 2.75) is 18.9 Å². The molecule has 0 aromatic carbocycles. The van der Waals surface area contributed by atoms with Crippen LogP contribution in [0.25, 0.3) is 0 Å². The van der Waals surface area contributed by atoms with Crippen molar-refractivity contribution >= 4 is 12.0 Å². The van der Waals surface area contributed by atoms with Gasteiger partial charge >= 0.3 is 12.0 Å². The summed E-state index contributed by atoms with van der Waals surface area (Å²) in [4.78, 5) is 27.2. The highest BCUT2D eigenvalue weighted by Gasteiger charge is 2.34. The molecule has 2 amide bonds. The van der Waals surface area contributed by atoms with E-state index in [2.05, 4.69) is 4.84 Å². The maximum atomic E-state index is 11.3. The molecule has 1 rings (SSSR count). The van der Waals surface area contributed by atoms with E-state index in [-0.39, 0.29) is 6.54 Å². The van der Waals surface area contributed by atoms with Gasteiger partial charge in [0.1, 0.15) is 0 Å². The van der Waals surface area contributed by atoms with E-state index in [1.165, 1.54) is 4.90 Å². The van der Waals surface area contributed by atoms with Crippen molar-refractivity contribution in [1.29, 1.82) is 0 Å². The second-order valence-corrected chi connectivity index (χ2v) is 3.76. The van der Waals surface area contributed by atoms with Crippen molar-refractivity contribution in [2.75, 3.05) is 19.7 Å². The monoisotopic (exact) mass is 218 g/mol. The fraction of sp³-hybridized carbons (Fsp3) is 0.750. The Morgan fingerprint density at radius 2 is 2.27 bits per heavy atom. The Bertz CT molecular complexity index is 266. The molecule has 7 nitrogen and oxygen atoms in total. The fourth-order valence-electron chi connectivity index (χ4n) is 1.34. The number of likely N-dealkylation sites (tertiary alicyclic amines) is 1. The molecule has 0 saturated carbocycles. The number of hydrogen-bond donors (Lipinski definition) is 3. The second kappa shape index (κ2) is 4.45. The Morgan fingerprint density at radius 3 is 2.73 bits per heavy atom. The molecule has 0 radical (unpaired) electrons. The molecule has 7 heteroatoms. The highest BCUT2D eigenvalue weighted by molar-refractivity contribution is 5.74. The Hall–Kier alpha value is -1.34. The molecular weight excluding hydrogens is 204 g/mol. The first kappa shape index (κ1) is 11.7. The van der Waals surface area contributed by atoms with Crippen molar-refractivity contribution in [2.24, 2.45) is 0 Å². The molecule has 0 aromatic rings. The van der Waals surface area contributed by atoms with Crippen LogP contribution in [0.2, 0.25) is 0 Å². The molecule has 15 heavy (non-hydrogen) atoms. The first-order valence-corrected chi connectivity index (χ1v) is 4.51. The normalized spacial score (nSPS) is 25.3. The van der Waals surface area contributed by atoms with Gasteiger partial charge in [0.25, 0.3) is 0 Å². The minimum atomic E-state index is -1.16. The molecule has 1 fully saturated rings. The number of hydrogen-bond acceptors (Lipinski definition) is 4. The standard InChI is InChI=1S/C8H14N2O5/c1-8(14)2-3-10(5-8)7(13)9-15-4-6(11)12/h14H,2-5H2,1H3,(H,9,13)(H,11,12). The van der Waals surface area contributed by atoms with Gasteiger partial charge in [0.15, 0.2) is 6.61 Å². The lowest BCUT2D eigenvalue weighted by Gasteiger charge is -2.18. The maximum Gasteiger partial charge on any atom is 0.341 e. The van der Waals surface area contributed by atoms with E-state index in [0.29, 0.717) is 13.0 Å². The van der Waals surface area contributed by atoms with Crippen LogP contribution in [-0.2, 0) is 9.63 Å². The van der Waals surface area contributed by atoms with E-state index in [1.54, 1.807) is 6.92 Å². The molecule has 1 unspecified atom stereocenters. The first-order valence-electron chi connectivity index (χ1n) is 4.51. The zero-order valence-electron chi connectivity index (χ0n) is 8.39. The summed E-state index contributed by atoms with van der Waals surface area (Å²) in [6.45, 7) is 1.69. The van der Waals surface area contributed by atoms with Crippen LogP contribution in [0.15, 0.2) is 0 Å². The number of rotatable bonds is 3. The molecule has 0 aliphatic carbocycles. The van der Waals surface area contributed by atoms with Gasteiger partial charge in [0.05, 0.1) is 12.1 Å². The quantitative estimate of drug-likeness (QED) is 0.537. The predicted molar refractivity (Wildman–Crippen MR) is 48.9 cm³/mol. The number of hydroxylamine groups is 1. The van der Waals surface area contributed by atoms with Crippen molar-refractivity contribution < 1.29 is 24.6 Å². The van der Waals surface area contributed by atoms with Crippen molar-refractivity contribution in [3.63, 3.8) is 0 Å². The van der Waals surface area contributed by atoms with Crippen LogP contribution >= 0.6 is 0 Å². The van der Waals surface area contributed by atoms with E-state index >= 15 is 0 Å². The molecule has 0 bridgehead atoms. The van der Waals surface area contributed by atoms with Gasteiger partial charge in [-0.2, -0.15) is 0 Å². The van der Waals surface area contributed by atoms with Crippen LogP contribution in [-0.4, -0.2) is 52.4 Å². The van der Waals surface area contributed by atoms with E-state index < -0.39 is 24.2 Å². The van der Waals surface area contributed by atoms with Gasteiger partial charge in [-0.25, -0.2) is 15.1 Å². The summed E-state index contributed by atoms with van der Waals surface area (Å²) in [5.74, 6) is -1.16. The largest absolute Gasteiger partial charge is 0.479 e. The lowest BCUT2D eigenvalue weighted by Crippen LogP contribution is -2.41. The van der Waals surface area contributed by atoms with Crippen LogP contribution < -0.4 is 5.48 Å². The maximum absolute atomic E-state index is 11.3. The number of aliphatic carboxylic acids is 1. The second-order valence-electron chi connectivity index (χ2n) is 3.76. The molecule has 3 N–H and O–H groups in total. The topological polar surface area (TPSA) is 99.1 Å². The molecule has 1 aliphatic rings. The number of carboxylic acids is 1. The van der Waals surface area contributed by atoms with Gasteiger partial charge in [-0.1, -0.05) is 0 Å². The average Bonchev–Trinajstić information content (AvgIpc) is 2.45. The van der Waals surface area contributed by atoms with Gasteiger partial charge in [-0.3, -0.25) is 4.84 Å². The van der Waals surface area contributed by atoms with Gasteiger partial charge in [-0.15, -0.1) is 0 Å². The fourth-order valence-corrected chi connectivity index (χ4v) is 1.34. The number of carboxylic acid groups (broad SMARTS) is 1. The molecule has 1 heterocycles. The zero-order chi connectivity index (χ0) is 11.5. The Morgan fingerprint density at radius 1 is 1.60 bits per heavy atom. The summed E-state index contributed by atoms with van der Waals surface area (Å²) in [6.07, 6.45) is 0.499. The van der Waals surface area contributed by atoms with Crippen molar-refractivity contribution in [1.82, 2.24) is 10.4 Å². The van der Waals surface area contributed by atoms with Gasteiger partial charge in [0, 0.05) is 6.54 Å². The number of amides is 2. The SMILES string of the molecule is CC1(O)CCN(C(=O)NOCC(=O)O)C1. The Balaban J connectivity index is 2.27. The highest BCUT2D eigenvalue weighted by atomic mass is 16.7. The summed E-state index contributed by atoms with van der Waals surface area (Å²) < 4.78 is 0. The number of urea groups is 1. The third-order valence-electron chi connectivity index (χ3n) is 2.09. The number of carbonyl (C=O) groups is 2. The van der Waals surface area contributed by atoms with Gasteiger partial charge < -0.3 is 15.1 Å². The third-order valence-corrected chi connectivity index (χ3v) is 2.09. The summed E-state index contributed by atoms with van der Waals surface area (Å²) in [7, 11) is 0. The minimum Gasteiger partial charge on any atom is -0.479 e. The van der Waals surface area contributed by atoms with E-state index in [1.807, 2.05) is 5.48 Å². The van der Waals surface area contributed by atoms with E-state index in [4.69, 9.17) is 5.11 Å². The smallest absolute Gasteiger partial charge is 0.341 e. The third kappa shape index (κ3) is 3.72. The van der Waals surface area contributed by atoms with Crippen LogP contribution in [0.3, 0.4) is 0 Å². The van der Waals surface area contributed by atoms with Gasteiger partial charge in [0.2, 0.25) is 0 Å². The molecule has 86 valence electrons. The lowest BCUT2D eigenvalue weighted by atomic mass is 10.1. The summed E-state index contributed by atoms with van der Waals surface area (Å²) in [5, 5.41) is 17.8. The summed E-state index contributed by atoms with van der Waals surface area (Å²) >= 11 is 0. The Labute approximate surface area is 86.6 Å². The van der Waals surface area contributed by atoms with Crippen LogP contribution in [0.4, 0.5) is 4.79 Å². The predicted octanol–water partition coefficient (Wildman–Crippen LogP) is -0.831. The molecule has 1 aliphatic heterocycles. The van der Waals surface area contributed by atoms with Crippen molar-refractivity contribution in [3.8, 4) is 0 Å². The number of aliphatic hydroxyl groups is 1. The summed E-state index contributed by atoms with van der Waals surface area (Å²) in [5.41, 5.74) is 1.12. The van der Waals surface area contributed by atoms with Crippen LogP contribution in [0, 0.1) is 0 Å². The number of nitrogens with one attached hydrogen (secondary N) is 1. The molecular formula is C8H14N2O5. The minimum absolute atomic E-state index is 0.218. The van der Waals surface area contributed by atoms with Crippen LogP contribution in [0.5, 0.6) is 0 Å². The molecule has 1 saturated heterocycles. The number of carbonyl (C=O) groups excluding carboxylic acids is 1. The zero-order valence-corrected chi connectivity index (χ0v) is 8.39. The summed E-state index contributed by atoms with van der Waals surface area (Å²) in [6, 6.07) is -0.533. The van der Waals surface area contributed by atoms with E-state index in [0.717, 1.165) is 0 Å². The van der Waals surface area contributed by atoms with E-state index in [9.17, 15) is 14.7 Å². The molecule has 0 aromatic heterocycles. The lowest BCUT2D eigenvalue weighted by molar-refractivity contribution is -0.144. The molecule has 1 atom stereocenters. The number of nitrogens with zero attached hydrogens (tertiary/aromatic N) is 1. The van der Waals surface area contributed by atoms with Gasteiger partial charge in [-0.05, 0) is 13.3 Å². The van der Waals surface area contributed by atoms with Crippen molar-refractivity contribution in [3.05, 3.63) is 0 Å². The average molecular weight is 218 g/mol. The highest BCUT2D eigenvalue weighted by Crippen LogP contribution is 2.19.